The van der Waals surface area contributed by atoms with E-state index in [0.717, 1.165) is 5.56 Å². The van der Waals surface area contributed by atoms with E-state index in [9.17, 15) is 24.6 Å². The molecule has 0 aliphatic carbocycles. The molecule has 2 aromatic rings. The molecule has 9 heteroatoms. The van der Waals surface area contributed by atoms with Crippen LogP contribution in [0, 0.1) is 0 Å². The van der Waals surface area contributed by atoms with Crippen LogP contribution in [-0.2, 0) is 27.4 Å². The molecule has 166 valence electrons. The van der Waals surface area contributed by atoms with E-state index in [0.29, 0.717) is 11.3 Å². The molecule has 9 nitrogen and oxygen atoms in total. The molecule has 0 heterocycles. The first-order valence-electron chi connectivity index (χ1n) is 9.65. The Hall–Kier alpha value is -3.59. The predicted molar refractivity (Wildman–Crippen MR) is 112 cm³/mol. The quantitative estimate of drug-likeness (QED) is 0.424. The number of rotatable bonds is 11. The SMILES string of the molecule is COc1cccc(C[C@H](NC(=O)C[C@@H](O)CNC(=O)OCc2ccccc2)C(=O)O)c1. The lowest BCUT2D eigenvalue weighted by Gasteiger charge is -2.17. The summed E-state index contributed by atoms with van der Waals surface area (Å²) in [5.41, 5.74) is 1.49. The number of nitrogens with one attached hydrogen (secondary N) is 2. The lowest BCUT2D eigenvalue weighted by atomic mass is 10.1. The Labute approximate surface area is 180 Å². The Balaban J connectivity index is 1.75. The zero-order valence-corrected chi connectivity index (χ0v) is 17.1. The molecule has 0 aliphatic rings. The van der Waals surface area contributed by atoms with Crippen LogP contribution in [0.15, 0.2) is 54.6 Å². The molecular weight excluding hydrogens is 404 g/mol. The summed E-state index contributed by atoms with van der Waals surface area (Å²) in [5.74, 6) is -1.27. The Morgan fingerprint density at radius 3 is 2.42 bits per heavy atom. The fourth-order valence-electron chi connectivity index (χ4n) is 2.75. The number of amides is 2. The van der Waals surface area contributed by atoms with Gasteiger partial charge in [-0.3, -0.25) is 4.79 Å². The summed E-state index contributed by atoms with van der Waals surface area (Å²) in [6.07, 6.45) is -2.25. The highest BCUT2D eigenvalue weighted by Gasteiger charge is 2.22. The van der Waals surface area contributed by atoms with E-state index in [1.807, 2.05) is 18.2 Å². The smallest absolute Gasteiger partial charge is 0.407 e. The third-order valence-electron chi connectivity index (χ3n) is 4.32. The van der Waals surface area contributed by atoms with E-state index in [4.69, 9.17) is 9.47 Å². The number of aliphatic hydroxyl groups is 1. The van der Waals surface area contributed by atoms with Crippen molar-refractivity contribution in [3.63, 3.8) is 0 Å². The molecule has 2 atom stereocenters. The molecule has 2 aromatic carbocycles. The molecule has 0 radical (unpaired) electrons. The van der Waals surface area contributed by atoms with Crippen molar-refractivity contribution < 1.29 is 34.1 Å². The lowest BCUT2D eigenvalue weighted by Crippen LogP contribution is -2.44. The molecule has 0 spiro atoms. The minimum absolute atomic E-state index is 0.0540. The second kappa shape index (κ2) is 12.2. The number of benzene rings is 2. The zero-order valence-electron chi connectivity index (χ0n) is 17.1. The first kappa shape index (κ1) is 23.7. The largest absolute Gasteiger partial charge is 0.497 e. The summed E-state index contributed by atoms with van der Waals surface area (Å²) in [7, 11) is 1.50. The number of carbonyl (C=O) groups excluding carboxylic acids is 2. The fourth-order valence-corrected chi connectivity index (χ4v) is 2.75. The van der Waals surface area contributed by atoms with Crippen LogP contribution in [0.5, 0.6) is 5.75 Å². The predicted octanol–water partition coefficient (Wildman–Crippen LogP) is 1.48. The molecular formula is C22H26N2O7. The number of methoxy groups -OCH3 is 1. The maximum Gasteiger partial charge on any atom is 0.407 e. The number of hydrogen-bond donors (Lipinski definition) is 4. The highest BCUT2D eigenvalue weighted by atomic mass is 16.5. The van der Waals surface area contributed by atoms with E-state index in [1.54, 1.807) is 36.4 Å². The van der Waals surface area contributed by atoms with Gasteiger partial charge in [0.2, 0.25) is 5.91 Å². The van der Waals surface area contributed by atoms with Gasteiger partial charge in [0.05, 0.1) is 19.6 Å². The molecule has 4 N–H and O–H groups in total. The number of alkyl carbamates (subject to hydrolysis) is 1. The number of ether oxygens (including phenoxy) is 2. The molecule has 2 rings (SSSR count). The van der Waals surface area contributed by atoms with Crippen LogP contribution in [0.1, 0.15) is 17.5 Å². The van der Waals surface area contributed by atoms with Crippen LogP contribution < -0.4 is 15.4 Å². The van der Waals surface area contributed by atoms with Crippen molar-refractivity contribution in [3.05, 3.63) is 65.7 Å². The second-order valence-electron chi connectivity index (χ2n) is 6.81. The standard InChI is InChI=1S/C22H26N2O7/c1-30-18-9-5-8-16(10-18)11-19(21(27)28)24-20(26)12-17(25)13-23-22(29)31-14-15-6-3-2-4-7-15/h2-10,17,19,25H,11-14H2,1H3,(H,23,29)(H,24,26)(H,27,28)/t17-,19+/m1/s1. The average molecular weight is 430 g/mol. The van der Waals surface area contributed by atoms with Gasteiger partial charge >= 0.3 is 12.1 Å². The molecule has 0 saturated carbocycles. The fraction of sp³-hybridized carbons (Fsp3) is 0.318. The number of aliphatic hydroxyl groups excluding tert-OH is 1. The maximum absolute atomic E-state index is 12.1. The van der Waals surface area contributed by atoms with Gasteiger partial charge in [0.1, 0.15) is 18.4 Å². The third-order valence-corrected chi connectivity index (χ3v) is 4.32. The van der Waals surface area contributed by atoms with Gasteiger partial charge in [-0.05, 0) is 23.3 Å². The number of aliphatic carboxylic acids is 1. The Kier molecular flexibility index (Phi) is 9.31. The maximum atomic E-state index is 12.1. The molecule has 0 bridgehead atoms. The number of carboxylic acid groups (broad SMARTS) is 1. The Morgan fingerprint density at radius 2 is 1.74 bits per heavy atom. The molecule has 0 aliphatic heterocycles. The van der Waals surface area contributed by atoms with E-state index in [-0.39, 0.29) is 26.0 Å². The van der Waals surface area contributed by atoms with Crippen molar-refractivity contribution in [2.75, 3.05) is 13.7 Å². The normalized spacial score (nSPS) is 12.3. The average Bonchev–Trinajstić information content (AvgIpc) is 2.76. The van der Waals surface area contributed by atoms with Gasteiger partial charge in [0, 0.05) is 13.0 Å². The van der Waals surface area contributed by atoms with Crippen molar-refractivity contribution in [1.82, 2.24) is 10.6 Å². The highest BCUT2D eigenvalue weighted by molar-refractivity contribution is 5.84. The topological polar surface area (TPSA) is 134 Å². The first-order valence-corrected chi connectivity index (χ1v) is 9.65. The summed E-state index contributed by atoms with van der Waals surface area (Å²) < 4.78 is 10.1. The summed E-state index contributed by atoms with van der Waals surface area (Å²) in [4.78, 5) is 35.3. The molecule has 2 amide bonds. The van der Waals surface area contributed by atoms with Crippen molar-refractivity contribution in [2.24, 2.45) is 0 Å². The highest BCUT2D eigenvalue weighted by Crippen LogP contribution is 2.14. The monoisotopic (exact) mass is 430 g/mol. The number of carboxylic acids is 1. The van der Waals surface area contributed by atoms with Gasteiger partial charge in [-0.2, -0.15) is 0 Å². The minimum atomic E-state index is -1.20. The number of hydrogen-bond acceptors (Lipinski definition) is 6. The van der Waals surface area contributed by atoms with Gasteiger partial charge in [-0.25, -0.2) is 9.59 Å². The van der Waals surface area contributed by atoms with E-state index < -0.39 is 30.1 Å². The lowest BCUT2D eigenvalue weighted by molar-refractivity contribution is -0.142. The van der Waals surface area contributed by atoms with E-state index in [2.05, 4.69) is 10.6 Å². The molecule has 0 saturated heterocycles. The van der Waals surface area contributed by atoms with Crippen LogP contribution in [0.25, 0.3) is 0 Å². The molecule has 0 fully saturated rings. The van der Waals surface area contributed by atoms with Gasteiger partial charge in [0.25, 0.3) is 0 Å². The van der Waals surface area contributed by atoms with Crippen molar-refractivity contribution in [2.45, 2.75) is 31.6 Å². The van der Waals surface area contributed by atoms with E-state index >= 15 is 0 Å². The van der Waals surface area contributed by atoms with Crippen LogP contribution in [0.2, 0.25) is 0 Å². The minimum Gasteiger partial charge on any atom is -0.497 e. The molecule has 31 heavy (non-hydrogen) atoms. The van der Waals surface area contributed by atoms with Crippen LogP contribution in [-0.4, -0.2) is 54.0 Å². The van der Waals surface area contributed by atoms with Crippen molar-refractivity contribution >= 4 is 18.0 Å². The Morgan fingerprint density at radius 1 is 1.03 bits per heavy atom. The Bertz CT molecular complexity index is 873. The zero-order chi connectivity index (χ0) is 22.6. The third kappa shape index (κ3) is 8.75. The second-order valence-corrected chi connectivity index (χ2v) is 6.81. The van der Waals surface area contributed by atoms with Gasteiger partial charge in [-0.1, -0.05) is 42.5 Å². The van der Waals surface area contributed by atoms with Crippen LogP contribution in [0.3, 0.4) is 0 Å². The van der Waals surface area contributed by atoms with Crippen LogP contribution >= 0.6 is 0 Å². The number of carbonyl (C=O) groups is 3. The molecule has 0 unspecified atom stereocenters. The van der Waals surface area contributed by atoms with Gasteiger partial charge in [0.15, 0.2) is 0 Å². The first-order chi connectivity index (χ1) is 14.9. The summed E-state index contributed by atoms with van der Waals surface area (Å²) in [5, 5.41) is 24.1. The van der Waals surface area contributed by atoms with Gasteiger partial charge < -0.3 is 30.3 Å². The van der Waals surface area contributed by atoms with E-state index in [1.165, 1.54) is 7.11 Å². The van der Waals surface area contributed by atoms with Crippen molar-refractivity contribution in [1.29, 1.82) is 0 Å². The van der Waals surface area contributed by atoms with Crippen molar-refractivity contribution in [3.8, 4) is 5.75 Å². The van der Waals surface area contributed by atoms with Crippen LogP contribution in [0.4, 0.5) is 4.79 Å². The molecule has 0 aromatic heterocycles. The summed E-state index contributed by atoms with van der Waals surface area (Å²) >= 11 is 0. The summed E-state index contributed by atoms with van der Waals surface area (Å²) in [6.45, 7) is -0.136. The summed E-state index contributed by atoms with van der Waals surface area (Å²) in [6, 6.07) is 14.8. The van der Waals surface area contributed by atoms with Gasteiger partial charge in [-0.15, -0.1) is 0 Å².